The first kappa shape index (κ1) is 33.8. The molecule has 246 valence electrons. The van der Waals surface area contributed by atoms with Crippen LogP contribution in [0, 0.1) is 30.5 Å². The first-order valence-corrected chi connectivity index (χ1v) is 16.4. The van der Waals surface area contributed by atoms with Gasteiger partial charge in [0.2, 0.25) is 5.91 Å². The van der Waals surface area contributed by atoms with Crippen LogP contribution in [0.15, 0.2) is 75.9 Å². The van der Waals surface area contributed by atoms with Crippen LogP contribution < -0.4 is 16.4 Å². The number of aliphatic imine (C=N–C) groups is 1. The summed E-state index contributed by atoms with van der Waals surface area (Å²) >= 11 is 0. The van der Waals surface area contributed by atoms with Crippen molar-refractivity contribution in [2.45, 2.75) is 65.3 Å². The molecule has 9 nitrogen and oxygen atoms in total. The maximum Gasteiger partial charge on any atom is 0.251 e. The lowest BCUT2D eigenvalue weighted by molar-refractivity contribution is -0.129. The van der Waals surface area contributed by atoms with Crippen LogP contribution in [0.5, 0.6) is 0 Å². The summed E-state index contributed by atoms with van der Waals surface area (Å²) in [5.41, 5.74) is 10.8. The van der Waals surface area contributed by atoms with E-state index in [4.69, 9.17) is 5.73 Å². The summed E-state index contributed by atoms with van der Waals surface area (Å²) in [7, 11) is 0. The Morgan fingerprint density at radius 1 is 0.957 bits per heavy atom. The van der Waals surface area contributed by atoms with Gasteiger partial charge < -0.3 is 16.4 Å². The zero-order chi connectivity index (χ0) is 33.5. The number of carbonyl (C=O) groups excluding carboxylic acids is 3. The fraction of sp³-hybridized carbons (Fsp3) is 0.405. The number of hydrogen-bond donors (Lipinski definition) is 3. The molecule has 47 heavy (non-hydrogen) atoms. The average molecular weight is 639 g/mol. The fourth-order valence-corrected chi connectivity index (χ4v) is 6.35. The van der Waals surface area contributed by atoms with Crippen molar-refractivity contribution in [3.63, 3.8) is 0 Å². The van der Waals surface area contributed by atoms with Crippen molar-refractivity contribution in [1.82, 2.24) is 5.32 Å². The molecule has 0 aromatic heterocycles. The van der Waals surface area contributed by atoms with E-state index < -0.39 is 11.7 Å². The largest absolute Gasteiger partial charge is 0.350 e. The third kappa shape index (κ3) is 8.62. The van der Waals surface area contributed by atoms with E-state index in [1.807, 2.05) is 63.2 Å². The van der Waals surface area contributed by atoms with Gasteiger partial charge in [0.15, 0.2) is 12.5 Å². The molecule has 10 heteroatoms. The average Bonchev–Trinajstić information content (AvgIpc) is 3.59. The summed E-state index contributed by atoms with van der Waals surface area (Å²) in [6.07, 6.45) is 3.86. The van der Waals surface area contributed by atoms with Gasteiger partial charge in [-0.3, -0.25) is 14.4 Å². The van der Waals surface area contributed by atoms with Crippen molar-refractivity contribution in [1.29, 1.82) is 0 Å². The highest BCUT2D eigenvalue weighted by Crippen LogP contribution is 2.32. The number of aryl methyl sites for hydroxylation is 1. The number of carbonyl (C=O) groups is 3. The Bertz CT molecular complexity index is 1680. The predicted molar refractivity (Wildman–Crippen MR) is 182 cm³/mol. The molecule has 1 atom stereocenters. The van der Waals surface area contributed by atoms with Crippen LogP contribution in [0.1, 0.15) is 73.0 Å². The molecule has 2 amide bonds. The number of rotatable bonds is 12. The van der Waals surface area contributed by atoms with Gasteiger partial charge in [0.05, 0.1) is 5.56 Å². The standard InChI is InChI=1S/C37H43FN6O3/c1-22(2)42-36(46)28-12-14-31(23(3)16-28)26-8-4-24(5-9-26)17-29(18-34(45)27-10-6-25(20-39)7-11-27)37(47)43-30-13-15-32(33(38)19-30)35-40-21-41-44-35/h4-5,8-9,12-16,19,22,25,27,29H,6-7,10-11,17-18,20-21,39H2,1-3H3,(H,42,46)(H,43,47). The van der Waals surface area contributed by atoms with Crippen molar-refractivity contribution in [3.05, 3.63) is 88.7 Å². The highest BCUT2D eigenvalue weighted by molar-refractivity contribution is 6.01. The monoisotopic (exact) mass is 638 g/mol. The fourth-order valence-electron chi connectivity index (χ4n) is 6.35. The highest BCUT2D eigenvalue weighted by Gasteiger charge is 2.30. The van der Waals surface area contributed by atoms with Gasteiger partial charge in [-0.05, 0) is 118 Å². The van der Waals surface area contributed by atoms with E-state index in [0.717, 1.165) is 47.9 Å². The summed E-state index contributed by atoms with van der Waals surface area (Å²) in [6, 6.07) is 18.0. The molecule has 0 bridgehead atoms. The van der Waals surface area contributed by atoms with Crippen LogP contribution in [0.3, 0.4) is 0 Å². The lowest BCUT2D eigenvalue weighted by atomic mass is 9.77. The maximum absolute atomic E-state index is 14.9. The molecule has 3 aromatic carbocycles. The van der Waals surface area contributed by atoms with Crippen LogP contribution in [0.25, 0.3) is 11.1 Å². The second-order valence-corrected chi connectivity index (χ2v) is 12.9. The van der Waals surface area contributed by atoms with Crippen LogP contribution in [0.2, 0.25) is 0 Å². The van der Waals surface area contributed by atoms with E-state index in [-0.39, 0.29) is 54.0 Å². The molecule has 1 fully saturated rings. The molecule has 0 saturated heterocycles. The number of halogens is 1. The zero-order valence-corrected chi connectivity index (χ0v) is 27.3. The normalized spacial score (nSPS) is 18.1. The number of anilines is 1. The number of amides is 2. The van der Waals surface area contributed by atoms with Crippen molar-refractivity contribution in [3.8, 4) is 11.1 Å². The summed E-state index contributed by atoms with van der Waals surface area (Å²) in [5, 5.41) is 13.4. The molecule has 3 aromatic rings. The Hall–Kier alpha value is -4.57. The number of ketones is 1. The number of amidine groups is 1. The smallest absolute Gasteiger partial charge is 0.251 e. The molecule has 5 rings (SSSR count). The highest BCUT2D eigenvalue weighted by atomic mass is 19.1. The molecule has 4 N–H and O–H groups in total. The van der Waals surface area contributed by atoms with Gasteiger partial charge in [0.25, 0.3) is 5.91 Å². The van der Waals surface area contributed by atoms with Crippen molar-refractivity contribution in [2.24, 2.45) is 38.7 Å². The minimum absolute atomic E-state index is 0.0501. The van der Waals surface area contributed by atoms with Gasteiger partial charge in [-0.25, -0.2) is 9.38 Å². The third-order valence-corrected chi connectivity index (χ3v) is 9.04. The number of nitrogens with one attached hydrogen (secondary N) is 2. The van der Waals surface area contributed by atoms with Gasteiger partial charge >= 0.3 is 0 Å². The second kappa shape index (κ2) is 15.3. The van der Waals surface area contributed by atoms with E-state index in [1.54, 1.807) is 6.07 Å². The first-order valence-electron chi connectivity index (χ1n) is 16.4. The van der Waals surface area contributed by atoms with Gasteiger partial charge in [-0.1, -0.05) is 30.3 Å². The minimum Gasteiger partial charge on any atom is -0.350 e. The minimum atomic E-state index is -0.642. The van der Waals surface area contributed by atoms with E-state index in [0.29, 0.717) is 30.1 Å². The molecule has 1 aliphatic carbocycles. The molecule has 2 aliphatic rings. The van der Waals surface area contributed by atoms with Crippen LogP contribution in [-0.4, -0.2) is 42.7 Å². The summed E-state index contributed by atoms with van der Waals surface area (Å²) < 4.78 is 14.9. The zero-order valence-electron chi connectivity index (χ0n) is 27.3. The molecule has 1 aliphatic heterocycles. The number of hydrogen-bond acceptors (Lipinski definition) is 7. The number of benzene rings is 3. The van der Waals surface area contributed by atoms with Crippen LogP contribution in [-0.2, 0) is 16.0 Å². The predicted octanol–water partition coefficient (Wildman–Crippen LogP) is 6.63. The molecule has 0 radical (unpaired) electrons. The Balaban J connectivity index is 1.32. The van der Waals surface area contributed by atoms with E-state index in [9.17, 15) is 18.8 Å². The van der Waals surface area contributed by atoms with Crippen molar-refractivity contribution >= 4 is 29.1 Å². The number of Topliss-reactive ketones (excluding diaryl/α,β-unsaturated/α-hetero) is 1. The lowest BCUT2D eigenvalue weighted by Crippen LogP contribution is -2.31. The van der Waals surface area contributed by atoms with Crippen LogP contribution in [0.4, 0.5) is 10.1 Å². The number of azo groups is 1. The summed E-state index contributed by atoms with van der Waals surface area (Å²) in [4.78, 5) is 43.7. The molecule has 1 saturated carbocycles. The Morgan fingerprint density at radius 2 is 1.68 bits per heavy atom. The van der Waals surface area contributed by atoms with E-state index >= 15 is 0 Å². The molecule has 1 heterocycles. The SMILES string of the molecule is Cc1cc(C(=O)NC(C)C)ccc1-c1ccc(CC(CC(=O)C2CCC(CN)CC2)C(=O)Nc2ccc(C3=NCN=N3)c(F)c2)cc1. The molecular formula is C37H43FN6O3. The quantitative estimate of drug-likeness (QED) is 0.205. The lowest BCUT2D eigenvalue weighted by Gasteiger charge is -2.27. The van der Waals surface area contributed by atoms with Gasteiger partial charge in [0.1, 0.15) is 11.6 Å². The number of nitrogens with two attached hydrogens (primary N) is 1. The maximum atomic E-state index is 14.9. The topological polar surface area (TPSA) is 138 Å². The Labute approximate surface area is 275 Å². The first-order chi connectivity index (χ1) is 22.6. The van der Waals surface area contributed by atoms with Crippen LogP contribution >= 0.6 is 0 Å². The summed E-state index contributed by atoms with van der Waals surface area (Å²) in [5.74, 6) is -0.979. The van der Waals surface area contributed by atoms with Gasteiger partial charge in [-0.15, -0.1) is 5.11 Å². The second-order valence-electron chi connectivity index (χ2n) is 12.9. The third-order valence-electron chi connectivity index (χ3n) is 9.04. The molecule has 0 spiro atoms. The van der Waals surface area contributed by atoms with Crippen molar-refractivity contribution < 1.29 is 18.8 Å². The molecular weight excluding hydrogens is 595 g/mol. The summed E-state index contributed by atoms with van der Waals surface area (Å²) in [6.45, 7) is 6.63. The van der Waals surface area contributed by atoms with E-state index in [1.165, 1.54) is 12.1 Å². The van der Waals surface area contributed by atoms with Gasteiger partial charge in [0, 0.05) is 35.5 Å². The Morgan fingerprint density at radius 3 is 2.30 bits per heavy atom. The molecule has 1 unspecified atom stereocenters. The van der Waals surface area contributed by atoms with Gasteiger partial charge in [-0.2, -0.15) is 5.11 Å². The van der Waals surface area contributed by atoms with Crippen molar-refractivity contribution in [2.75, 3.05) is 18.5 Å². The number of nitrogens with zero attached hydrogens (tertiary/aromatic N) is 3. The van der Waals surface area contributed by atoms with E-state index in [2.05, 4.69) is 25.9 Å². The Kier molecular flexibility index (Phi) is 11.0.